The van der Waals surface area contributed by atoms with Crippen LogP contribution in [0.4, 0.5) is 5.69 Å². The van der Waals surface area contributed by atoms with E-state index in [2.05, 4.69) is 5.32 Å². The Labute approximate surface area is 152 Å². The van der Waals surface area contributed by atoms with Crippen molar-refractivity contribution < 1.29 is 14.3 Å². The minimum absolute atomic E-state index is 0.278. The number of esters is 1. The first-order valence-corrected chi connectivity index (χ1v) is 8.24. The van der Waals surface area contributed by atoms with Crippen LogP contribution in [0, 0.1) is 0 Å². The molecule has 0 saturated heterocycles. The number of nitrogens with one attached hydrogen (secondary N) is 1. The lowest BCUT2D eigenvalue weighted by Crippen LogP contribution is -2.31. The smallest absolute Gasteiger partial charge is 0.338 e. The highest BCUT2D eigenvalue weighted by Gasteiger charge is 2.14. The van der Waals surface area contributed by atoms with Crippen LogP contribution < -0.4 is 10.2 Å². The van der Waals surface area contributed by atoms with Gasteiger partial charge in [-0.2, -0.15) is 0 Å². The van der Waals surface area contributed by atoms with Gasteiger partial charge in [0.25, 0.3) is 5.91 Å². The van der Waals surface area contributed by atoms with Crippen molar-refractivity contribution in [1.29, 1.82) is 0 Å². The Balaban J connectivity index is 1.87. The minimum atomic E-state index is -0.536. The highest BCUT2D eigenvalue weighted by Crippen LogP contribution is 2.22. The van der Waals surface area contributed by atoms with Gasteiger partial charge in [0.1, 0.15) is 0 Å². The highest BCUT2D eigenvalue weighted by atomic mass is 35.5. The number of rotatable bonds is 6. The Kier molecular flexibility index (Phi) is 6.42. The molecule has 0 bridgehead atoms. The molecule has 132 valence electrons. The highest BCUT2D eigenvalue weighted by molar-refractivity contribution is 6.31. The number of ether oxygens (including phenoxy) is 1. The summed E-state index contributed by atoms with van der Waals surface area (Å²) >= 11 is 6.10. The summed E-state index contributed by atoms with van der Waals surface area (Å²) in [7, 11) is 3.83. The summed E-state index contributed by atoms with van der Waals surface area (Å²) in [6.45, 7) is 1.48. The van der Waals surface area contributed by atoms with Gasteiger partial charge in [-0.15, -0.1) is 0 Å². The number of nitrogens with zero attached hydrogens (tertiary/aromatic N) is 1. The largest absolute Gasteiger partial charge is 0.452 e. The van der Waals surface area contributed by atoms with Crippen molar-refractivity contribution in [1.82, 2.24) is 5.32 Å². The monoisotopic (exact) mass is 360 g/mol. The predicted octanol–water partition coefficient (Wildman–Crippen LogP) is 3.44. The van der Waals surface area contributed by atoms with Crippen LogP contribution in [0.25, 0.3) is 0 Å². The number of carbonyl (C=O) groups excluding carboxylic acids is 2. The van der Waals surface area contributed by atoms with E-state index < -0.39 is 5.97 Å². The molecule has 0 heterocycles. The maximum absolute atomic E-state index is 12.0. The van der Waals surface area contributed by atoms with Gasteiger partial charge in [0, 0.05) is 24.8 Å². The topological polar surface area (TPSA) is 58.6 Å². The fraction of sp³-hybridized carbons (Fsp3) is 0.263. The summed E-state index contributed by atoms with van der Waals surface area (Å²) in [5, 5.41) is 3.34. The molecule has 0 aliphatic carbocycles. The molecular formula is C19H21ClN2O3. The zero-order valence-electron chi connectivity index (χ0n) is 14.5. The third-order valence-corrected chi connectivity index (χ3v) is 4.05. The van der Waals surface area contributed by atoms with E-state index in [1.165, 1.54) is 0 Å². The summed E-state index contributed by atoms with van der Waals surface area (Å²) in [5.74, 6) is -0.920. The van der Waals surface area contributed by atoms with Crippen molar-refractivity contribution in [3.63, 3.8) is 0 Å². The molecule has 0 saturated carbocycles. The van der Waals surface area contributed by atoms with Gasteiger partial charge < -0.3 is 15.0 Å². The third-order valence-electron chi connectivity index (χ3n) is 3.70. The van der Waals surface area contributed by atoms with E-state index in [0.717, 1.165) is 11.3 Å². The number of amides is 1. The van der Waals surface area contributed by atoms with E-state index in [-0.39, 0.29) is 18.6 Å². The minimum Gasteiger partial charge on any atom is -0.452 e. The van der Waals surface area contributed by atoms with E-state index in [4.69, 9.17) is 16.3 Å². The average Bonchev–Trinajstić information content (AvgIpc) is 2.60. The van der Waals surface area contributed by atoms with E-state index in [1.54, 1.807) is 18.2 Å². The van der Waals surface area contributed by atoms with Crippen LogP contribution >= 0.6 is 11.6 Å². The first kappa shape index (κ1) is 18.8. The van der Waals surface area contributed by atoms with Gasteiger partial charge in [0.15, 0.2) is 6.61 Å². The molecule has 0 aromatic heterocycles. The number of halogens is 1. The van der Waals surface area contributed by atoms with Crippen LogP contribution in [-0.4, -0.2) is 32.6 Å². The zero-order valence-corrected chi connectivity index (χ0v) is 15.2. The van der Waals surface area contributed by atoms with Crippen LogP contribution in [0.2, 0.25) is 5.02 Å². The molecule has 0 aliphatic heterocycles. The van der Waals surface area contributed by atoms with Crippen LogP contribution in [0.1, 0.15) is 28.9 Å². The van der Waals surface area contributed by atoms with Gasteiger partial charge in [0.05, 0.1) is 11.6 Å². The molecule has 1 N–H and O–H groups in total. The maximum Gasteiger partial charge on any atom is 0.338 e. The molecule has 5 nitrogen and oxygen atoms in total. The second kappa shape index (κ2) is 8.53. The van der Waals surface area contributed by atoms with Crippen molar-refractivity contribution >= 4 is 29.2 Å². The summed E-state index contributed by atoms with van der Waals surface area (Å²) < 4.78 is 5.06. The molecule has 0 spiro atoms. The number of anilines is 1. The Morgan fingerprint density at radius 3 is 2.36 bits per heavy atom. The lowest BCUT2D eigenvalue weighted by atomic mass is 10.1. The van der Waals surface area contributed by atoms with Crippen LogP contribution in [0.5, 0.6) is 0 Å². The van der Waals surface area contributed by atoms with Crippen LogP contribution in [0.15, 0.2) is 48.5 Å². The molecule has 0 radical (unpaired) electrons. The van der Waals surface area contributed by atoms with Crippen molar-refractivity contribution in [3.8, 4) is 0 Å². The Morgan fingerprint density at radius 2 is 1.76 bits per heavy atom. The zero-order chi connectivity index (χ0) is 18.4. The quantitative estimate of drug-likeness (QED) is 0.802. The molecule has 2 aromatic carbocycles. The summed E-state index contributed by atoms with van der Waals surface area (Å²) in [6.07, 6.45) is 0. The summed E-state index contributed by atoms with van der Waals surface area (Å²) in [5.41, 5.74) is 2.18. The van der Waals surface area contributed by atoms with E-state index in [9.17, 15) is 9.59 Å². The third kappa shape index (κ3) is 5.22. The van der Waals surface area contributed by atoms with Gasteiger partial charge in [-0.05, 0) is 42.8 Å². The standard InChI is InChI=1S/C19H21ClN2O3/c1-13(16-6-4-5-7-17(16)20)21-18(23)12-25-19(24)14-8-10-15(11-9-14)22(2)3/h4-11,13H,12H2,1-3H3,(H,21,23)/t13-/m0/s1. The number of carbonyl (C=O) groups is 2. The van der Waals surface area contributed by atoms with Gasteiger partial charge >= 0.3 is 5.97 Å². The van der Waals surface area contributed by atoms with Crippen molar-refractivity contribution in [2.24, 2.45) is 0 Å². The molecule has 2 rings (SSSR count). The van der Waals surface area contributed by atoms with Gasteiger partial charge in [-0.25, -0.2) is 4.79 Å². The molecule has 25 heavy (non-hydrogen) atoms. The fourth-order valence-corrected chi connectivity index (χ4v) is 2.60. The number of benzene rings is 2. The molecule has 0 unspecified atom stereocenters. The van der Waals surface area contributed by atoms with Crippen molar-refractivity contribution in [3.05, 3.63) is 64.7 Å². The molecule has 1 atom stereocenters. The summed E-state index contributed by atoms with van der Waals surface area (Å²) in [6, 6.07) is 14.0. The fourth-order valence-electron chi connectivity index (χ4n) is 2.30. The van der Waals surface area contributed by atoms with E-state index >= 15 is 0 Å². The number of hydrogen-bond donors (Lipinski definition) is 1. The number of hydrogen-bond acceptors (Lipinski definition) is 4. The van der Waals surface area contributed by atoms with Gasteiger partial charge in [-0.3, -0.25) is 4.79 Å². The Morgan fingerprint density at radius 1 is 1.12 bits per heavy atom. The first-order chi connectivity index (χ1) is 11.9. The molecule has 0 fully saturated rings. The molecule has 1 amide bonds. The normalized spacial score (nSPS) is 11.5. The van der Waals surface area contributed by atoms with Crippen LogP contribution in [0.3, 0.4) is 0 Å². The SMILES string of the molecule is C[C@H](NC(=O)COC(=O)c1ccc(N(C)C)cc1)c1ccccc1Cl. The van der Waals surface area contributed by atoms with Crippen molar-refractivity contribution in [2.75, 3.05) is 25.6 Å². The second-order valence-electron chi connectivity index (χ2n) is 5.83. The summed E-state index contributed by atoms with van der Waals surface area (Å²) in [4.78, 5) is 25.9. The molecule has 6 heteroatoms. The Bertz CT molecular complexity index is 745. The lowest BCUT2D eigenvalue weighted by molar-refractivity contribution is -0.124. The molecule has 2 aromatic rings. The van der Waals surface area contributed by atoms with Crippen molar-refractivity contribution in [2.45, 2.75) is 13.0 Å². The average molecular weight is 361 g/mol. The maximum atomic E-state index is 12.0. The van der Waals surface area contributed by atoms with E-state index in [1.807, 2.05) is 56.3 Å². The van der Waals surface area contributed by atoms with Gasteiger partial charge in [0.2, 0.25) is 0 Å². The second-order valence-corrected chi connectivity index (χ2v) is 6.24. The molecule has 0 aliphatic rings. The first-order valence-electron chi connectivity index (χ1n) is 7.87. The predicted molar refractivity (Wildman–Crippen MR) is 99.1 cm³/mol. The van der Waals surface area contributed by atoms with Gasteiger partial charge in [-0.1, -0.05) is 29.8 Å². The van der Waals surface area contributed by atoms with E-state index in [0.29, 0.717) is 10.6 Å². The van der Waals surface area contributed by atoms with Crippen LogP contribution in [-0.2, 0) is 9.53 Å². The molecular weight excluding hydrogens is 340 g/mol. The Hall–Kier alpha value is -2.53. The lowest BCUT2D eigenvalue weighted by Gasteiger charge is -2.16.